The van der Waals surface area contributed by atoms with Gasteiger partial charge in [-0.05, 0) is 38.5 Å². The van der Waals surface area contributed by atoms with Crippen LogP contribution in [0.25, 0.3) is 0 Å². The smallest absolute Gasteiger partial charge is 0.229 e. The lowest BCUT2D eigenvalue weighted by Gasteiger charge is -2.24. The van der Waals surface area contributed by atoms with Crippen molar-refractivity contribution < 1.29 is 0 Å². The zero-order valence-electron chi connectivity index (χ0n) is 12.8. The predicted molar refractivity (Wildman–Crippen MR) is 86.4 cm³/mol. The van der Waals surface area contributed by atoms with Crippen molar-refractivity contribution in [1.29, 1.82) is 0 Å². The van der Waals surface area contributed by atoms with Crippen LogP contribution in [0.1, 0.15) is 38.5 Å². The van der Waals surface area contributed by atoms with Crippen molar-refractivity contribution in [3.05, 3.63) is 6.07 Å². The number of hydrogen-bond donors (Lipinski definition) is 0. The summed E-state index contributed by atoms with van der Waals surface area (Å²) in [6.07, 6.45) is 7.72. The Bertz CT molecular complexity index is 402. The van der Waals surface area contributed by atoms with Crippen LogP contribution in [-0.2, 0) is 0 Å². The van der Waals surface area contributed by atoms with Gasteiger partial charge in [0.15, 0.2) is 0 Å². The molecule has 114 valence electrons. The van der Waals surface area contributed by atoms with Gasteiger partial charge in [0.1, 0.15) is 11.6 Å². The molecule has 5 heteroatoms. The number of anilines is 3. The third-order valence-electron chi connectivity index (χ3n) is 4.94. The van der Waals surface area contributed by atoms with E-state index >= 15 is 0 Å². The molecule has 0 unspecified atom stereocenters. The minimum Gasteiger partial charge on any atom is -0.356 e. The number of nitrogens with zero attached hydrogens (tertiary/aromatic N) is 5. The summed E-state index contributed by atoms with van der Waals surface area (Å²) in [5.74, 6) is 3.25. The molecular weight excluding hydrogens is 262 g/mol. The Kier molecular flexibility index (Phi) is 3.57. The van der Waals surface area contributed by atoms with Crippen molar-refractivity contribution in [3.8, 4) is 0 Å². The predicted octanol–water partition coefficient (Wildman–Crippen LogP) is 2.28. The average Bonchev–Trinajstić information content (AvgIpc) is 3.29. The van der Waals surface area contributed by atoms with E-state index in [4.69, 9.17) is 9.97 Å². The topological polar surface area (TPSA) is 35.5 Å². The van der Waals surface area contributed by atoms with E-state index < -0.39 is 0 Å². The van der Waals surface area contributed by atoms with Gasteiger partial charge in [-0.1, -0.05) is 0 Å². The van der Waals surface area contributed by atoms with Crippen LogP contribution in [0.15, 0.2) is 6.07 Å². The van der Waals surface area contributed by atoms with Crippen LogP contribution in [0, 0.1) is 0 Å². The molecule has 4 heterocycles. The molecule has 3 saturated heterocycles. The van der Waals surface area contributed by atoms with Crippen LogP contribution in [0.2, 0.25) is 0 Å². The van der Waals surface area contributed by atoms with Crippen LogP contribution in [-0.4, -0.2) is 49.2 Å². The monoisotopic (exact) mass is 287 g/mol. The summed E-state index contributed by atoms with van der Waals surface area (Å²) in [4.78, 5) is 17.0. The Morgan fingerprint density at radius 2 is 0.952 bits per heavy atom. The van der Waals surface area contributed by atoms with Crippen LogP contribution in [0.5, 0.6) is 0 Å². The SMILES string of the molecule is c1c(N2CCCC2)nc(N2CCCC2)nc1N1CCCC1. The third-order valence-corrected chi connectivity index (χ3v) is 4.94. The normalized spacial score (nSPS) is 22.6. The highest BCUT2D eigenvalue weighted by atomic mass is 15.3. The van der Waals surface area contributed by atoms with E-state index in [9.17, 15) is 0 Å². The lowest BCUT2D eigenvalue weighted by Crippen LogP contribution is -2.27. The molecule has 0 aliphatic carbocycles. The zero-order chi connectivity index (χ0) is 14.1. The maximum Gasteiger partial charge on any atom is 0.229 e. The first-order valence-corrected chi connectivity index (χ1v) is 8.54. The minimum atomic E-state index is 0.957. The number of aromatic nitrogens is 2. The molecule has 3 aliphatic rings. The van der Waals surface area contributed by atoms with E-state index in [1.165, 1.54) is 38.5 Å². The first-order valence-electron chi connectivity index (χ1n) is 8.54. The molecule has 3 fully saturated rings. The van der Waals surface area contributed by atoms with E-state index in [1.54, 1.807) is 0 Å². The molecule has 0 amide bonds. The lowest BCUT2D eigenvalue weighted by atomic mass is 10.4. The van der Waals surface area contributed by atoms with E-state index in [2.05, 4.69) is 20.8 Å². The summed E-state index contributed by atoms with van der Waals surface area (Å²) < 4.78 is 0. The molecule has 0 spiro atoms. The lowest BCUT2D eigenvalue weighted by molar-refractivity contribution is 0.850. The van der Waals surface area contributed by atoms with Gasteiger partial charge >= 0.3 is 0 Å². The summed E-state index contributed by atoms with van der Waals surface area (Å²) in [6, 6.07) is 2.22. The highest BCUT2D eigenvalue weighted by Crippen LogP contribution is 2.28. The molecule has 0 bridgehead atoms. The van der Waals surface area contributed by atoms with Crippen LogP contribution < -0.4 is 14.7 Å². The van der Waals surface area contributed by atoms with Crippen molar-refractivity contribution in [2.24, 2.45) is 0 Å². The van der Waals surface area contributed by atoms with Gasteiger partial charge in [0.25, 0.3) is 0 Å². The maximum atomic E-state index is 4.88. The van der Waals surface area contributed by atoms with Crippen LogP contribution in [0.3, 0.4) is 0 Å². The molecule has 3 aliphatic heterocycles. The van der Waals surface area contributed by atoms with E-state index in [0.717, 1.165) is 56.9 Å². The second-order valence-electron chi connectivity index (χ2n) is 6.47. The second kappa shape index (κ2) is 5.70. The summed E-state index contributed by atoms with van der Waals surface area (Å²) in [6.45, 7) is 6.82. The van der Waals surface area contributed by atoms with Gasteiger partial charge in [-0.15, -0.1) is 0 Å². The minimum absolute atomic E-state index is 0.957. The highest BCUT2D eigenvalue weighted by molar-refractivity contribution is 5.56. The zero-order valence-corrected chi connectivity index (χ0v) is 12.8. The molecule has 0 N–H and O–H groups in total. The quantitative estimate of drug-likeness (QED) is 0.852. The van der Waals surface area contributed by atoms with Crippen molar-refractivity contribution in [2.75, 3.05) is 54.0 Å². The fraction of sp³-hybridized carbons (Fsp3) is 0.750. The van der Waals surface area contributed by atoms with Gasteiger partial charge in [-0.3, -0.25) is 0 Å². The second-order valence-corrected chi connectivity index (χ2v) is 6.47. The van der Waals surface area contributed by atoms with Crippen molar-refractivity contribution >= 4 is 17.6 Å². The number of hydrogen-bond acceptors (Lipinski definition) is 5. The van der Waals surface area contributed by atoms with Crippen LogP contribution in [0.4, 0.5) is 17.6 Å². The van der Waals surface area contributed by atoms with E-state index in [0.29, 0.717) is 0 Å². The third kappa shape index (κ3) is 2.65. The van der Waals surface area contributed by atoms with Gasteiger partial charge in [0, 0.05) is 45.3 Å². The Morgan fingerprint density at radius 1 is 0.571 bits per heavy atom. The average molecular weight is 287 g/mol. The van der Waals surface area contributed by atoms with Gasteiger partial charge in [0.2, 0.25) is 5.95 Å². The highest BCUT2D eigenvalue weighted by Gasteiger charge is 2.23. The summed E-state index contributed by atoms with van der Waals surface area (Å²) in [5.41, 5.74) is 0. The van der Waals surface area contributed by atoms with Gasteiger partial charge in [-0.25, -0.2) is 0 Å². The Hall–Kier alpha value is -1.52. The molecule has 21 heavy (non-hydrogen) atoms. The van der Waals surface area contributed by atoms with E-state index in [1.807, 2.05) is 0 Å². The molecule has 0 saturated carbocycles. The molecule has 5 nitrogen and oxygen atoms in total. The number of rotatable bonds is 3. The maximum absolute atomic E-state index is 4.88. The Labute approximate surface area is 127 Å². The fourth-order valence-electron chi connectivity index (χ4n) is 3.68. The van der Waals surface area contributed by atoms with Crippen molar-refractivity contribution in [1.82, 2.24) is 9.97 Å². The Balaban J connectivity index is 1.67. The summed E-state index contributed by atoms with van der Waals surface area (Å²) in [7, 11) is 0. The van der Waals surface area contributed by atoms with Crippen LogP contribution >= 0.6 is 0 Å². The first kappa shape index (κ1) is 13.2. The molecule has 4 rings (SSSR count). The largest absolute Gasteiger partial charge is 0.356 e. The summed E-state index contributed by atoms with van der Waals surface area (Å²) >= 11 is 0. The van der Waals surface area contributed by atoms with Crippen molar-refractivity contribution in [2.45, 2.75) is 38.5 Å². The molecular formula is C16H25N5. The first-order chi connectivity index (χ1) is 10.4. The van der Waals surface area contributed by atoms with Gasteiger partial charge in [0.05, 0.1) is 0 Å². The standard InChI is InChI=1S/C16H25N5/c1-2-8-19(7-1)14-13-15(20-9-3-4-10-20)18-16(17-14)21-11-5-6-12-21/h13H,1-12H2. The molecule has 0 aromatic carbocycles. The fourth-order valence-corrected chi connectivity index (χ4v) is 3.68. The van der Waals surface area contributed by atoms with Gasteiger partial charge < -0.3 is 14.7 Å². The van der Waals surface area contributed by atoms with Gasteiger partial charge in [-0.2, -0.15) is 9.97 Å². The molecule has 1 aromatic rings. The Morgan fingerprint density at radius 3 is 1.38 bits per heavy atom. The molecule has 0 atom stereocenters. The van der Waals surface area contributed by atoms with Crippen molar-refractivity contribution in [3.63, 3.8) is 0 Å². The molecule has 0 radical (unpaired) electrons. The van der Waals surface area contributed by atoms with E-state index in [-0.39, 0.29) is 0 Å². The summed E-state index contributed by atoms with van der Waals surface area (Å²) in [5, 5.41) is 0. The molecule has 1 aromatic heterocycles.